The van der Waals surface area contributed by atoms with E-state index in [9.17, 15) is 9.59 Å². The van der Waals surface area contributed by atoms with Crippen molar-refractivity contribution < 1.29 is 9.59 Å². The van der Waals surface area contributed by atoms with Gasteiger partial charge >= 0.3 is 0 Å². The Balaban J connectivity index is 1.69. The molecule has 1 saturated heterocycles. The van der Waals surface area contributed by atoms with Gasteiger partial charge < -0.3 is 10.6 Å². The number of hydrogen-bond acceptors (Lipinski definition) is 3. The summed E-state index contributed by atoms with van der Waals surface area (Å²) in [4.78, 5) is 24.7. The van der Waals surface area contributed by atoms with E-state index in [2.05, 4.69) is 33.5 Å². The Morgan fingerprint density at radius 2 is 2.23 bits per heavy atom. The SMILES string of the molecule is CC1CCSC1C(=O)NC1CCc2cc(Br)ccc2NC1=O. The van der Waals surface area contributed by atoms with Gasteiger partial charge in [-0.3, -0.25) is 9.59 Å². The molecule has 0 aromatic heterocycles. The first-order valence-corrected chi connectivity index (χ1v) is 9.40. The predicted octanol–water partition coefficient (Wildman–Crippen LogP) is 2.96. The molecule has 0 saturated carbocycles. The number of aryl methyl sites for hydroxylation is 1. The van der Waals surface area contributed by atoms with Gasteiger partial charge in [0.05, 0.1) is 5.25 Å². The fraction of sp³-hybridized carbons (Fsp3) is 0.500. The van der Waals surface area contributed by atoms with E-state index < -0.39 is 6.04 Å². The van der Waals surface area contributed by atoms with Crippen molar-refractivity contribution in [3.05, 3.63) is 28.2 Å². The number of rotatable bonds is 2. The van der Waals surface area contributed by atoms with Crippen molar-refractivity contribution in [3.63, 3.8) is 0 Å². The van der Waals surface area contributed by atoms with Crippen molar-refractivity contribution in [1.82, 2.24) is 5.32 Å². The molecule has 0 bridgehead atoms. The first kappa shape index (κ1) is 15.9. The second-order valence-corrected chi connectivity index (χ2v) is 8.11. The number of carbonyl (C=O) groups is 2. The van der Waals surface area contributed by atoms with Gasteiger partial charge in [-0.25, -0.2) is 0 Å². The minimum Gasteiger partial charge on any atom is -0.343 e. The van der Waals surface area contributed by atoms with E-state index >= 15 is 0 Å². The third-order valence-corrected chi connectivity index (χ3v) is 6.31. The Hall–Kier alpha value is -1.01. The molecule has 2 amide bonds. The Labute approximate surface area is 142 Å². The maximum atomic E-state index is 12.4. The average Bonchev–Trinajstić information content (AvgIpc) is 2.85. The van der Waals surface area contributed by atoms with E-state index in [1.165, 1.54) is 0 Å². The molecule has 2 heterocycles. The summed E-state index contributed by atoms with van der Waals surface area (Å²) < 4.78 is 0.999. The molecule has 3 unspecified atom stereocenters. The van der Waals surface area contributed by atoms with E-state index in [4.69, 9.17) is 0 Å². The zero-order valence-electron chi connectivity index (χ0n) is 12.4. The molecule has 6 heteroatoms. The van der Waals surface area contributed by atoms with Crippen LogP contribution >= 0.6 is 27.7 Å². The summed E-state index contributed by atoms with van der Waals surface area (Å²) in [5, 5.41) is 5.85. The Bertz CT molecular complexity index is 608. The van der Waals surface area contributed by atoms with Gasteiger partial charge in [0.2, 0.25) is 11.8 Å². The molecular weight excluding hydrogens is 364 g/mol. The van der Waals surface area contributed by atoms with Crippen LogP contribution in [-0.4, -0.2) is 28.9 Å². The highest BCUT2D eigenvalue weighted by Crippen LogP contribution is 2.32. The first-order valence-electron chi connectivity index (χ1n) is 7.56. The Morgan fingerprint density at radius 3 is 2.95 bits per heavy atom. The third-order valence-electron chi connectivity index (χ3n) is 4.31. The highest BCUT2D eigenvalue weighted by Gasteiger charge is 2.33. The Kier molecular flexibility index (Phi) is 4.78. The van der Waals surface area contributed by atoms with E-state index in [0.717, 1.165) is 34.3 Å². The molecule has 22 heavy (non-hydrogen) atoms. The summed E-state index contributed by atoms with van der Waals surface area (Å²) in [5.41, 5.74) is 1.94. The van der Waals surface area contributed by atoms with Crippen LogP contribution in [0.3, 0.4) is 0 Å². The van der Waals surface area contributed by atoms with Crippen LogP contribution in [0.25, 0.3) is 0 Å². The standard InChI is InChI=1S/C16H19BrN2O2S/c1-9-6-7-22-14(9)16(21)19-13-4-2-10-8-11(17)3-5-12(10)18-15(13)20/h3,5,8-9,13-14H,2,4,6-7H2,1H3,(H,18,20)(H,19,21). The third kappa shape index (κ3) is 3.33. The van der Waals surface area contributed by atoms with Crippen LogP contribution in [0, 0.1) is 5.92 Å². The molecule has 3 atom stereocenters. The van der Waals surface area contributed by atoms with Crippen LogP contribution in [-0.2, 0) is 16.0 Å². The largest absolute Gasteiger partial charge is 0.343 e. The topological polar surface area (TPSA) is 58.2 Å². The summed E-state index contributed by atoms with van der Waals surface area (Å²) in [6.45, 7) is 2.10. The van der Waals surface area contributed by atoms with Gasteiger partial charge in [-0.1, -0.05) is 22.9 Å². The monoisotopic (exact) mass is 382 g/mol. The number of amides is 2. The summed E-state index contributed by atoms with van der Waals surface area (Å²) in [6, 6.07) is 5.38. The lowest BCUT2D eigenvalue weighted by Crippen LogP contribution is -2.47. The molecular formula is C16H19BrN2O2S. The second-order valence-electron chi connectivity index (χ2n) is 5.95. The number of carbonyl (C=O) groups excluding carboxylic acids is 2. The zero-order chi connectivity index (χ0) is 15.7. The molecule has 2 N–H and O–H groups in total. The lowest BCUT2D eigenvalue weighted by atomic mass is 10.0. The normalized spacial score (nSPS) is 27.7. The summed E-state index contributed by atoms with van der Waals surface area (Å²) in [5.74, 6) is 1.29. The van der Waals surface area contributed by atoms with Crippen LogP contribution in [0.15, 0.2) is 22.7 Å². The molecule has 0 spiro atoms. The van der Waals surface area contributed by atoms with E-state index in [-0.39, 0.29) is 17.1 Å². The zero-order valence-corrected chi connectivity index (χ0v) is 14.8. The van der Waals surface area contributed by atoms with Crippen LogP contribution in [0.5, 0.6) is 0 Å². The summed E-state index contributed by atoms with van der Waals surface area (Å²) in [6.07, 6.45) is 2.47. The van der Waals surface area contributed by atoms with Crippen LogP contribution in [0.2, 0.25) is 0 Å². The van der Waals surface area contributed by atoms with Crippen LogP contribution < -0.4 is 10.6 Å². The van der Waals surface area contributed by atoms with Gasteiger partial charge in [0.25, 0.3) is 0 Å². The van der Waals surface area contributed by atoms with Gasteiger partial charge in [0.1, 0.15) is 6.04 Å². The number of thioether (sulfide) groups is 1. The van der Waals surface area contributed by atoms with Gasteiger partial charge in [-0.2, -0.15) is 0 Å². The van der Waals surface area contributed by atoms with Crippen molar-refractivity contribution in [2.75, 3.05) is 11.1 Å². The quantitative estimate of drug-likeness (QED) is 0.826. The fourth-order valence-electron chi connectivity index (χ4n) is 2.96. The predicted molar refractivity (Wildman–Crippen MR) is 93.1 cm³/mol. The van der Waals surface area contributed by atoms with Gasteiger partial charge in [-0.15, -0.1) is 11.8 Å². The second kappa shape index (κ2) is 6.62. The molecule has 0 radical (unpaired) electrons. The average molecular weight is 383 g/mol. The lowest BCUT2D eigenvalue weighted by molar-refractivity contribution is -0.126. The molecule has 0 aliphatic carbocycles. The lowest BCUT2D eigenvalue weighted by Gasteiger charge is -2.19. The molecule has 1 aromatic carbocycles. The van der Waals surface area contributed by atoms with Crippen molar-refractivity contribution in [2.24, 2.45) is 5.92 Å². The van der Waals surface area contributed by atoms with Crippen molar-refractivity contribution in [3.8, 4) is 0 Å². The molecule has 1 aromatic rings. The van der Waals surface area contributed by atoms with Gasteiger partial charge in [-0.05, 0) is 54.7 Å². The van der Waals surface area contributed by atoms with Gasteiger partial charge in [0, 0.05) is 10.2 Å². The minimum absolute atomic E-state index is 0.00212. The molecule has 118 valence electrons. The number of anilines is 1. The highest BCUT2D eigenvalue weighted by atomic mass is 79.9. The smallest absolute Gasteiger partial charge is 0.246 e. The molecule has 1 fully saturated rings. The molecule has 2 aliphatic rings. The maximum Gasteiger partial charge on any atom is 0.246 e. The van der Waals surface area contributed by atoms with Crippen LogP contribution in [0.4, 0.5) is 5.69 Å². The summed E-state index contributed by atoms with van der Waals surface area (Å²) >= 11 is 5.15. The maximum absolute atomic E-state index is 12.4. The number of fused-ring (bicyclic) bond motifs is 1. The minimum atomic E-state index is -0.452. The van der Waals surface area contributed by atoms with Crippen molar-refractivity contribution in [1.29, 1.82) is 0 Å². The number of halogens is 1. The Morgan fingerprint density at radius 1 is 1.41 bits per heavy atom. The fourth-order valence-corrected chi connectivity index (χ4v) is 4.82. The summed E-state index contributed by atoms with van der Waals surface area (Å²) in [7, 11) is 0. The van der Waals surface area contributed by atoms with E-state index in [1.54, 1.807) is 11.8 Å². The van der Waals surface area contributed by atoms with Gasteiger partial charge in [0.15, 0.2) is 0 Å². The van der Waals surface area contributed by atoms with Crippen molar-refractivity contribution in [2.45, 2.75) is 37.5 Å². The molecule has 2 aliphatic heterocycles. The van der Waals surface area contributed by atoms with E-state index in [1.807, 2.05) is 18.2 Å². The number of benzene rings is 1. The molecule has 3 rings (SSSR count). The molecule has 4 nitrogen and oxygen atoms in total. The first-order chi connectivity index (χ1) is 10.5. The number of nitrogens with one attached hydrogen (secondary N) is 2. The van der Waals surface area contributed by atoms with Crippen LogP contribution in [0.1, 0.15) is 25.3 Å². The van der Waals surface area contributed by atoms with E-state index in [0.29, 0.717) is 12.3 Å². The highest BCUT2D eigenvalue weighted by molar-refractivity contribution is 9.10. The number of hydrogen-bond donors (Lipinski definition) is 2. The van der Waals surface area contributed by atoms with Crippen molar-refractivity contribution >= 4 is 45.2 Å².